The van der Waals surface area contributed by atoms with Gasteiger partial charge in [0.2, 0.25) is 5.91 Å². The van der Waals surface area contributed by atoms with Gasteiger partial charge in [0.1, 0.15) is 0 Å². The minimum absolute atomic E-state index is 0.196. The van der Waals surface area contributed by atoms with Crippen molar-refractivity contribution in [3.63, 3.8) is 0 Å². The summed E-state index contributed by atoms with van der Waals surface area (Å²) in [5.74, 6) is 0.194. The van der Waals surface area contributed by atoms with Crippen LogP contribution in [0.15, 0.2) is 0 Å². The van der Waals surface area contributed by atoms with Gasteiger partial charge in [0.15, 0.2) is 0 Å². The Kier molecular flexibility index (Phi) is 5.53. The molecule has 0 bridgehead atoms. The molecule has 0 aromatic carbocycles. The Bertz CT molecular complexity index is 227. The highest BCUT2D eigenvalue weighted by molar-refractivity contribution is 8.00. The number of hydrogen-bond acceptors (Lipinski definition) is 3. The number of imide groups is 1. The summed E-state index contributed by atoms with van der Waals surface area (Å²) in [4.78, 5) is 22.3. The maximum Gasteiger partial charge on any atom is 0.321 e. The number of hydrogen-bond donors (Lipinski definition) is 2. The summed E-state index contributed by atoms with van der Waals surface area (Å²) in [7, 11) is 0. The lowest BCUT2D eigenvalue weighted by atomic mass is 10.4. The van der Waals surface area contributed by atoms with Crippen molar-refractivity contribution in [2.75, 3.05) is 12.3 Å². The van der Waals surface area contributed by atoms with Crippen molar-refractivity contribution in [1.29, 1.82) is 0 Å². The molecule has 86 valence electrons. The van der Waals surface area contributed by atoms with Crippen molar-refractivity contribution >= 4 is 23.7 Å². The van der Waals surface area contributed by atoms with E-state index >= 15 is 0 Å². The van der Waals surface area contributed by atoms with E-state index in [0.29, 0.717) is 17.5 Å². The Labute approximate surface area is 94.6 Å². The molecule has 0 atom stereocenters. The average molecular weight is 230 g/mol. The first-order valence-electron chi connectivity index (χ1n) is 5.41. The molecule has 5 heteroatoms. The van der Waals surface area contributed by atoms with Crippen LogP contribution in [-0.4, -0.2) is 29.5 Å². The predicted molar refractivity (Wildman–Crippen MR) is 61.9 cm³/mol. The predicted octanol–water partition coefficient (Wildman–Crippen LogP) is 1.51. The average Bonchev–Trinajstić information content (AvgIpc) is 2.67. The lowest BCUT2D eigenvalue weighted by Gasteiger charge is -2.08. The van der Waals surface area contributed by atoms with E-state index in [2.05, 4.69) is 10.6 Å². The van der Waals surface area contributed by atoms with Crippen molar-refractivity contribution < 1.29 is 9.59 Å². The number of rotatable bonds is 4. The fourth-order valence-corrected chi connectivity index (χ4v) is 2.74. The van der Waals surface area contributed by atoms with E-state index in [1.165, 1.54) is 25.7 Å². The van der Waals surface area contributed by atoms with Gasteiger partial charge >= 0.3 is 6.03 Å². The van der Waals surface area contributed by atoms with E-state index in [1.54, 1.807) is 11.8 Å². The summed E-state index contributed by atoms with van der Waals surface area (Å²) < 4.78 is 0. The third-order valence-electron chi connectivity index (χ3n) is 2.34. The summed E-state index contributed by atoms with van der Waals surface area (Å²) in [6.07, 6.45) is 4.96. The number of urea groups is 1. The first-order valence-corrected chi connectivity index (χ1v) is 6.46. The zero-order valence-corrected chi connectivity index (χ0v) is 9.86. The van der Waals surface area contributed by atoms with Crippen LogP contribution in [0.3, 0.4) is 0 Å². The zero-order valence-electron chi connectivity index (χ0n) is 9.04. The molecule has 0 aromatic rings. The smallest absolute Gasteiger partial charge is 0.321 e. The van der Waals surface area contributed by atoms with Crippen molar-refractivity contribution in [2.45, 2.75) is 37.9 Å². The number of carbonyl (C=O) groups excluding carboxylic acids is 2. The van der Waals surface area contributed by atoms with Crippen LogP contribution in [0.4, 0.5) is 4.79 Å². The van der Waals surface area contributed by atoms with Crippen LogP contribution in [-0.2, 0) is 4.79 Å². The topological polar surface area (TPSA) is 58.2 Å². The first kappa shape index (κ1) is 12.4. The summed E-state index contributed by atoms with van der Waals surface area (Å²) in [5, 5.41) is 5.43. The number of nitrogens with one attached hydrogen (secondary N) is 2. The Morgan fingerprint density at radius 2 is 2.00 bits per heavy atom. The molecule has 2 N–H and O–H groups in total. The molecule has 0 aliphatic heterocycles. The third-order valence-corrected chi connectivity index (χ3v) is 3.71. The molecule has 15 heavy (non-hydrogen) atoms. The maximum atomic E-state index is 11.3. The van der Waals surface area contributed by atoms with Gasteiger partial charge < -0.3 is 5.32 Å². The van der Waals surface area contributed by atoms with E-state index < -0.39 is 6.03 Å². The monoisotopic (exact) mass is 230 g/mol. The first-order chi connectivity index (χ1) is 7.22. The van der Waals surface area contributed by atoms with Crippen LogP contribution in [0.1, 0.15) is 32.6 Å². The van der Waals surface area contributed by atoms with Crippen LogP contribution in [0, 0.1) is 0 Å². The van der Waals surface area contributed by atoms with E-state index in [1.807, 2.05) is 6.92 Å². The zero-order chi connectivity index (χ0) is 11.1. The third kappa shape index (κ3) is 5.06. The number of carbonyl (C=O) groups is 2. The fraction of sp³-hybridized carbons (Fsp3) is 0.800. The summed E-state index contributed by atoms with van der Waals surface area (Å²) >= 11 is 1.66. The SMILES string of the molecule is CCNC(=O)NC(=O)CSC1CCCC1. The molecule has 3 amide bonds. The number of amides is 3. The van der Waals surface area contributed by atoms with Crippen LogP contribution in [0.5, 0.6) is 0 Å². The summed E-state index contributed by atoms with van der Waals surface area (Å²) in [6.45, 7) is 2.35. The van der Waals surface area contributed by atoms with E-state index in [9.17, 15) is 9.59 Å². The van der Waals surface area contributed by atoms with Gasteiger partial charge in [0.25, 0.3) is 0 Å². The minimum Gasteiger partial charge on any atom is -0.338 e. The highest BCUT2D eigenvalue weighted by Gasteiger charge is 2.17. The van der Waals surface area contributed by atoms with Crippen LogP contribution in [0.25, 0.3) is 0 Å². The lowest BCUT2D eigenvalue weighted by molar-refractivity contribution is -0.117. The Balaban J connectivity index is 2.09. The molecule has 0 unspecified atom stereocenters. The second kappa shape index (κ2) is 6.71. The molecular formula is C10H18N2O2S. The normalized spacial score (nSPS) is 16.3. The molecule has 1 aliphatic carbocycles. The van der Waals surface area contributed by atoms with Gasteiger partial charge in [-0.2, -0.15) is 0 Å². The van der Waals surface area contributed by atoms with E-state index in [0.717, 1.165) is 0 Å². The van der Waals surface area contributed by atoms with Crippen molar-refractivity contribution in [3.8, 4) is 0 Å². The largest absolute Gasteiger partial charge is 0.338 e. The maximum absolute atomic E-state index is 11.3. The molecule has 1 fully saturated rings. The molecule has 4 nitrogen and oxygen atoms in total. The van der Waals surface area contributed by atoms with Crippen molar-refractivity contribution in [1.82, 2.24) is 10.6 Å². The quantitative estimate of drug-likeness (QED) is 0.769. The fourth-order valence-electron chi connectivity index (χ4n) is 1.62. The van der Waals surface area contributed by atoms with Gasteiger partial charge in [-0.25, -0.2) is 4.79 Å². The molecule has 0 spiro atoms. The second-order valence-corrected chi connectivity index (χ2v) is 4.91. The van der Waals surface area contributed by atoms with Gasteiger partial charge in [0, 0.05) is 11.8 Å². The standard InChI is InChI=1S/C10H18N2O2S/c1-2-11-10(14)12-9(13)7-15-8-5-3-4-6-8/h8H,2-7H2,1H3,(H2,11,12,13,14). The second-order valence-electron chi connectivity index (χ2n) is 3.63. The van der Waals surface area contributed by atoms with Crippen LogP contribution < -0.4 is 10.6 Å². The molecule has 1 saturated carbocycles. The molecular weight excluding hydrogens is 212 g/mol. The number of thioether (sulfide) groups is 1. The van der Waals surface area contributed by atoms with E-state index in [4.69, 9.17) is 0 Å². The van der Waals surface area contributed by atoms with Crippen LogP contribution >= 0.6 is 11.8 Å². The molecule has 1 rings (SSSR count). The molecule has 0 heterocycles. The highest BCUT2D eigenvalue weighted by Crippen LogP contribution is 2.28. The molecule has 0 aromatic heterocycles. The minimum atomic E-state index is -0.394. The molecule has 0 saturated heterocycles. The van der Waals surface area contributed by atoms with Crippen molar-refractivity contribution in [3.05, 3.63) is 0 Å². The van der Waals surface area contributed by atoms with Gasteiger partial charge in [-0.1, -0.05) is 12.8 Å². The van der Waals surface area contributed by atoms with Crippen molar-refractivity contribution in [2.24, 2.45) is 0 Å². The van der Waals surface area contributed by atoms with Gasteiger partial charge in [-0.3, -0.25) is 10.1 Å². The van der Waals surface area contributed by atoms with Gasteiger partial charge in [0.05, 0.1) is 5.75 Å². The highest BCUT2D eigenvalue weighted by atomic mass is 32.2. The summed E-state index contributed by atoms with van der Waals surface area (Å²) in [5.41, 5.74) is 0. The molecule has 1 aliphatic rings. The Morgan fingerprint density at radius 3 is 2.60 bits per heavy atom. The van der Waals surface area contributed by atoms with Gasteiger partial charge in [-0.05, 0) is 19.8 Å². The van der Waals surface area contributed by atoms with E-state index in [-0.39, 0.29) is 5.91 Å². The lowest BCUT2D eigenvalue weighted by Crippen LogP contribution is -2.40. The Morgan fingerprint density at radius 1 is 1.33 bits per heavy atom. The van der Waals surface area contributed by atoms with Gasteiger partial charge in [-0.15, -0.1) is 11.8 Å². The Hall–Kier alpha value is -0.710. The summed E-state index contributed by atoms with van der Waals surface area (Å²) in [6, 6.07) is -0.394. The van der Waals surface area contributed by atoms with Crippen LogP contribution in [0.2, 0.25) is 0 Å². The molecule has 0 radical (unpaired) electrons.